The summed E-state index contributed by atoms with van der Waals surface area (Å²) < 4.78 is 1.82. The molecule has 6 heteroatoms. The van der Waals surface area contributed by atoms with Crippen molar-refractivity contribution in [1.29, 1.82) is 0 Å². The van der Waals surface area contributed by atoms with Crippen LogP contribution in [0.2, 0.25) is 0 Å². The number of rotatable bonds is 4. The fourth-order valence-corrected chi connectivity index (χ4v) is 3.20. The first-order chi connectivity index (χ1) is 10.6. The molecule has 3 rings (SSSR count). The van der Waals surface area contributed by atoms with Gasteiger partial charge in [-0.3, -0.25) is 4.40 Å². The molecule has 22 heavy (non-hydrogen) atoms. The highest BCUT2D eigenvalue weighted by atomic mass is 16.4. The smallest absolute Gasteiger partial charge is 0.339 e. The molecule has 0 spiro atoms. The van der Waals surface area contributed by atoms with Crippen LogP contribution in [0.1, 0.15) is 42.9 Å². The van der Waals surface area contributed by atoms with Crippen molar-refractivity contribution in [1.82, 2.24) is 19.5 Å². The Hall–Kier alpha value is -1.95. The minimum atomic E-state index is -0.963. The number of carboxylic acid groups (broad SMARTS) is 1. The lowest BCUT2D eigenvalue weighted by Gasteiger charge is -2.34. The molecule has 118 valence electrons. The number of piperidine rings is 1. The van der Waals surface area contributed by atoms with Crippen LogP contribution in [0.15, 0.2) is 18.3 Å². The van der Waals surface area contributed by atoms with Crippen molar-refractivity contribution in [3.05, 3.63) is 29.7 Å². The Labute approximate surface area is 129 Å². The number of aromatic carboxylic acids is 1. The lowest BCUT2D eigenvalue weighted by Crippen LogP contribution is -2.39. The normalized spacial score (nSPS) is 17.4. The molecular weight excluding hydrogens is 280 g/mol. The molecule has 0 atom stereocenters. The second kappa shape index (κ2) is 6.04. The second-order valence-corrected chi connectivity index (χ2v) is 6.31. The number of hydrogen-bond acceptors (Lipinski definition) is 4. The van der Waals surface area contributed by atoms with Crippen LogP contribution in [0.5, 0.6) is 0 Å². The summed E-state index contributed by atoms with van der Waals surface area (Å²) in [5.41, 5.74) is 0.639. The summed E-state index contributed by atoms with van der Waals surface area (Å²) in [5, 5.41) is 17.5. The number of hydrogen-bond donors (Lipinski definition) is 1. The summed E-state index contributed by atoms with van der Waals surface area (Å²) in [6, 6.07) is 3.91. The van der Waals surface area contributed by atoms with E-state index in [2.05, 4.69) is 28.9 Å². The van der Waals surface area contributed by atoms with Gasteiger partial charge in [-0.25, -0.2) is 4.79 Å². The average molecular weight is 302 g/mol. The van der Waals surface area contributed by atoms with Gasteiger partial charge in [-0.15, -0.1) is 10.2 Å². The Morgan fingerprint density at radius 1 is 1.36 bits per heavy atom. The van der Waals surface area contributed by atoms with Gasteiger partial charge >= 0.3 is 5.97 Å². The van der Waals surface area contributed by atoms with Gasteiger partial charge < -0.3 is 10.0 Å². The molecule has 0 aromatic carbocycles. The maximum absolute atomic E-state index is 11.2. The van der Waals surface area contributed by atoms with Crippen molar-refractivity contribution >= 4 is 11.6 Å². The van der Waals surface area contributed by atoms with E-state index in [1.807, 2.05) is 10.6 Å². The second-order valence-electron chi connectivity index (χ2n) is 6.31. The van der Waals surface area contributed by atoms with Gasteiger partial charge in [-0.1, -0.05) is 0 Å². The van der Waals surface area contributed by atoms with Gasteiger partial charge in [0, 0.05) is 18.7 Å². The topological polar surface area (TPSA) is 70.7 Å². The predicted octanol–water partition coefficient (Wildman–Crippen LogP) is 2.09. The van der Waals surface area contributed by atoms with E-state index in [1.165, 1.54) is 0 Å². The van der Waals surface area contributed by atoms with Gasteiger partial charge in [0.05, 0.1) is 0 Å². The Kier molecular flexibility index (Phi) is 4.11. The van der Waals surface area contributed by atoms with Crippen LogP contribution in [-0.2, 0) is 6.42 Å². The zero-order valence-electron chi connectivity index (χ0n) is 13.1. The molecule has 1 fully saturated rings. The summed E-state index contributed by atoms with van der Waals surface area (Å²) in [7, 11) is 0. The molecule has 3 heterocycles. The van der Waals surface area contributed by atoms with Gasteiger partial charge in [-0.2, -0.15) is 0 Å². The van der Waals surface area contributed by atoms with Crippen LogP contribution in [0.4, 0.5) is 0 Å². The largest absolute Gasteiger partial charge is 0.478 e. The summed E-state index contributed by atoms with van der Waals surface area (Å²) in [6.45, 7) is 6.72. The average Bonchev–Trinajstić information content (AvgIpc) is 2.91. The number of likely N-dealkylation sites (tertiary alicyclic amines) is 1. The molecule has 0 bridgehead atoms. The minimum Gasteiger partial charge on any atom is -0.478 e. The van der Waals surface area contributed by atoms with Gasteiger partial charge in [0.1, 0.15) is 11.4 Å². The standard InChI is InChI=1S/C16H22N4O2/c1-11(2)19-8-5-12(6-9-19)10-14-17-18-15-13(16(21)22)4-3-7-20(14)15/h3-4,7,11-12H,5-6,8-10H2,1-2H3,(H,21,22). The van der Waals surface area contributed by atoms with Crippen LogP contribution in [0.25, 0.3) is 5.65 Å². The van der Waals surface area contributed by atoms with E-state index in [4.69, 9.17) is 0 Å². The quantitative estimate of drug-likeness (QED) is 0.936. The SMILES string of the molecule is CC(C)N1CCC(Cc2nnc3c(C(=O)O)cccn23)CC1. The Morgan fingerprint density at radius 3 is 2.73 bits per heavy atom. The maximum Gasteiger partial charge on any atom is 0.339 e. The molecule has 0 aliphatic carbocycles. The lowest BCUT2D eigenvalue weighted by molar-refractivity contribution is 0.0698. The molecule has 0 unspecified atom stereocenters. The van der Waals surface area contributed by atoms with Crippen molar-refractivity contribution in [2.24, 2.45) is 5.92 Å². The number of carbonyl (C=O) groups is 1. The zero-order valence-corrected chi connectivity index (χ0v) is 13.1. The summed E-state index contributed by atoms with van der Waals surface area (Å²) in [5.74, 6) is 0.492. The summed E-state index contributed by atoms with van der Waals surface area (Å²) >= 11 is 0. The fourth-order valence-electron chi connectivity index (χ4n) is 3.20. The maximum atomic E-state index is 11.2. The molecule has 1 N–H and O–H groups in total. The highest BCUT2D eigenvalue weighted by Crippen LogP contribution is 2.23. The Bertz CT molecular complexity index is 672. The van der Waals surface area contributed by atoms with E-state index >= 15 is 0 Å². The molecule has 1 saturated heterocycles. The van der Waals surface area contributed by atoms with Crippen molar-refractivity contribution in [2.75, 3.05) is 13.1 Å². The summed E-state index contributed by atoms with van der Waals surface area (Å²) in [4.78, 5) is 13.7. The highest BCUT2D eigenvalue weighted by Gasteiger charge is 2.23. The molecular formula is C16H22N4O2. The van der Waals surface area contributed by atoms with E-state index < -0.39 is 5.97 Å². The highest BCUT2D eigenvalue weighted by molar-refractivity contribution is 5.94. The van der Waals surface area contributed by atoms with Crippen molar-refractivity contribution < 1.29 is 9.90 Å². The van der Waals surface area contributed by atoms with Crippen LogP contribution in [-0.4, -0.2) is 49.7 Å². The van der Waals surface area contributed by atoms with E-state index in [-0.39, 0.29) is 5.56 Å². The number of carboxylic acids is 1. The van der Waals surface area contributed by atoms with E-state index in [0.29, 0.717) is 17.6 Å². The van der Waals surface area contributed by atoms with Crippen LogP contribution < -0.4 is 0 Å². The third kappa shape index (κ3) is 2.83. The first kappa shape index (κ1) is 15.0. The van der Waals surface area contributed by atoms with E-state index in [0.717, 1.165) is 38.2 Å². The third-order valence-electron chi connectivity index (χ3n) is 4.59. The molecule has 2 aromatic rings. The molecule has 2 aromatic heterocycles. The molecule has 0 radical (unpaired) electrons. The molecule has 1 aliphatic rings. The summed E-state index contributed by atoms with van der Waals surface area (Å²) in [6.07, 6.45) is 5.02. The van der Waals surface area contributed by atoms with Crippen molar-refractivity contribution in [3.63, 3.8) is 0 Å². The monoisotopic (exact) mass is 302 g/mol. The number of fused-ring (bicyclic) bond motifs is 1. The van der Waals surface area contributed by atoms with Gasteiger partial charge in [0.2, 0.25) is 0 Å². The van der Waals surface area contributed by atoms with Gasteiger partial charge in [-0.05, 0) is 57.8 Å². The predicted molar refractivity (Wildman–Crippen MR) is 83.1 cm³/mol. The van der Waals surface area contributed by atoms with Gasteiger partial charge in [0.25, 0.3) is 0 Å². The molecule has 1 aliphatic heterocycles. The van der Waals surface area contributed by atoms with Crippen LogP contribution in [0.3, 0.4) is 0 Å². The lowest BCUT2D eigenvalue weighted by atomic mass is 9.92. The minimum absolute atomic E-state index is 0.205. The first-order valence-corrected chi connectivity index (χ1v) is 7.86. The number of pyridine rings is 1. The fraction of sp³-hybridized carbons (Fsp3) is 0.562. The van der Waals surface area contributed by atoms with Crippen molar-refractivity contribution in [3.8, 4) is 0 Å². The van der Waals surface area contributed by atoms with Gasteiger partial charge in [0.15, 0.2) is 5.65 Å². The first-order valence-electron chi connectivity index (χ1n) is 7.86. The van der Waals surface area contributed by atoms with Crippen LogP contribution in [0, 0.1) is 5.92 Å². The molecule has 6 nitrogen and oxygen atoms in total. The van der Waals surface area contributed by atoms with Crippen LogP contribution >= 0.6 is 0 Å². The third-order valence-corrected chi connectivity index (χ3v) is 4.59. The number of aromatic nitrogens is 3. The molecule has 0 saturated carbocycles. The Morgan fingerprint density at radius 2 is 2.09 bits per heavy atom. The number of nitrogens with zero attached hydrogens (tertiary/aromatic N) is 4. The van der Waals surface area contributed by atoms with E-state index in [9.17, 15) is 9.90 Å². The van der Waals surface area contributed by atoms with E-state index in [1.54, 1.807) is 12.1 Å². The van der Waals surface area contributed by atoms with Crippen molar-refractivity contribution in [2.45, 2.75) is 39.2 Å². The Balaban J connectivity index is 1.75. The molecule has 0 amide bonds. The zero-order chi connectivity index (χ0) is 15.7.